The van der Waals surface area contributed by atoms with Crippen LogP contribution in [0, 0.1) is 26.0 Å². The number of allylic oxidation sites excluding steroid dienone is 4. The van der Waals surface area contributed by atoms with Crippen LogP contribution in [0.2, 0.25) is 0 Å². The van der Waals surface area contributed by atoms with Crippen LogP contribution in [0.15, 0.2) is 36.4 Å². The van der Waals surface area contributed by atoms with Gasteiger partial charge in [-0.15, -0.1) is 23.1 Å². The van der Waals surface area contributed by atoms with E-state index in [0.717, 1.165) is 12.8 Å². The molecule has 2 aromatic carbocycles. The van der Waals surface area contributed by atoms with Crippen LogP contribution in [0.1, 0.15) is 113 Å². The van der Waals surface area contributed by atoms with Crippen molar-refractivity contribution >= 4 is 3.21 Å². The predicted octanol–water partition coefficient (Wildman–Crippen LogP) is 3.25. The van der Waals surface area contributed by atoms with Crippen LogP contribution < -0.4 is 24.8 Å². The van der Waals surface area contributed by atoms with E-state index in [4.69, 9.17) is 0 Å². The Morgan fingerprint density at radius 1 is 0.784 bits per heavy atom. The molecular formula is C34H44Cl2Zr-2. The van der Waals surface area contributed by atoms with E-state index in [9.17, 15) is 0 Å². The summed E-state index contributed by atoms with van der Waals surface area (Å²) < 4.78 is 1.80. The van der Waals surface area contributed by atoms with E-state index in [1.54, 1.807) is 27.4 Å². The summed E-state index contributed by atoms with van der Waals surface area (Å²) in [5, 5.41) is 0. The van der Waals surface area contributed by atoms with Crippen molar-refractivity contribution in [1.29, 1.82) is 0 Å². The van der Waals surface area contributed by atoms with Gasteiger partial charge in [0.2, 0.25) is 0 Å². The zero-order valence-electron chi connectivity index (χ0n) is 24.2. The number of fused-ring (bicyclic) bond motifs is 3. The minimum atomic E-state index is 0. The molecule has 3 aliphatic rings. The first-order valence-corrected chi connectivity index (χ1v) is 14.6. The molecule has 0 radical (unpaired) electrons. The van der Waals surface area contributed by atoms with Crippen molar-refractivity contribution in [2.24, 2.45) is 0 Å². The molecule has 0 amide bonds. The first-order chi connectivity index (χ1) is 16.4. The Bertz CT molecular complexity index is 1040. The molecule has 0 heterocycles. The molecular weight excluding hydrogens is 571 g/mol. The SMILES string of the molecule is Cc1[c-]c2c(cc1C(C)(C)C)-c1cc(C(C)(C)C)c(C)cc1C2.[C-]1=CC=CC1.[Cl-].[Cl-].[Zr+2]=[C]1CCCCC1. The topological polar surface area (TPSA) is 0 Å². The van der Waals surface area contributed by atoms with Crippen molar-refractivity contribution in [3.05, 3.63) is 82.0 Å². The molecule has 0 saturated heterocycles. The number of hydrogen-bond donors (Lipinski definition) is 0. The van der Waals surface area contributed by atoms with Crippen molar-refractivity contribution in [1.82, 2.24) is 0 Å². The van der Waals surface area contributed by atoms with E-state index in [0.29, 0.717) is 0 Å². The molecule has 0 nitrogen and oxygen atoms in total. The predicted molar refractivity (Wildman–Crippen MR) is 150 cm³/mol. The molecule has 0 bridgehead atoms. The second kappa shape index (κ2) is 14.6. The van der Waals surface area contributed by atoms with Crippen LogP contribution in [0.5, 0.6) is 0 Å². The van der Waals surface area contributed by atoms with Gasteiger partial charge < -0.3 is 24.8 Å². The molecule has 3 heteroatoms. The fraction of sp³-hybridized carbons (Fsp3) is 0.500. The van der Waals surface area contributed by atoms with Crippen LogP contribution in [0.25, 0.3) is 11.1 Å². The van der Waals surface area contributed by atoms with Gasteiger partial charge in [0.25, 0.3) is 0 Å². The summed E-state index contributed by atoms with van der Waals surface area (Å²) in [4.78, 5) is 0. The molecule has 37 heavy (non-hydrogen) atoms. The summed E-state index contributed by atoms with van der Waals surface area (Å²) in [6.07, 6.45) is 18.3. The van der Waals surface area contributed by atoms with E-state index >= 15 is 0 Å². The van der Waals surface area contributed by atoms with Crippen molar-refractivity contribution in [3.8, 4) is 11.1 Å². The Labute approximate surface area is 255 Å². The van der Waals surface area contributed by atoms with Crippen molar-refractivity contribution in [2.45, 2.75) is 111 Å². The third kappa shape index (κ3) is 9.44. The van der Waals surface area contributed by atoms with E-state index < -0.39 is 0 Å². The van der Waals surface area contributed by atoms with E-state index in [1.807, 2.05) is 12.2 Å². The van der Waals surface area contributed by atoms with Crippen LogP contribution >= 0.6 is 0 Å². The first kappa shape index (κ1) is 34.3. The summed E-state index contributed by atoms with van der Waals surface area (Å²) in [6, 6.07) is 10.9. The maximum absolute atomic E-state index is 3.69. The molecule has 1 fully saturated rings. The molecule has 0 N–H and O–H groups in total. The normalized spacial score (nSPS) is 15.4. The third-order valence-corrected chi connectivity index (χ3v) is 8.35. The van der Waals surface area contributed by atoms with Gasteiger partial charge in [-0.1, -0.05) is 71.6 Å². The van der Waals surface area contributed by atoms with Gasteiger partial charge in [-0.2, -0.15) is 23.8 Å². The van der Waals surface area contributed by atoms with Crippen LogP contribution in [-0.4, -0.2) is 3.21 Å². The molecule has 2 aromatic rings. The van der Waals surface area contributed by atoms with Crippen LogP contribution in [-0.2, 0) is 41.5 Å². The zero-order chi connectivity index (χ0) is 25.8. The molecule has 0 aliphatic heterocycles. The Morgan fingerprint density at radius 3 is 1.81 bits per heavy atom. The molecule has 0 spiro atoms. The second-order valence-electron chi connectivity index (χ2n) is 12.4. The molecule has 0 atom stereocenters. The van der Waals surface area contributed by atoms with Gasteiger partial charge >= 0.3 is 59.5 Å². The molecule has 3 aliphatic carbocycles. The fourth-order valence-corrected chi connectivity index (χ4v) is 6.21. The van der Waals surface area contributed by atoms with E-state index in [1.165, 1.54) is 76.6 Å². The standard InChI is InChI=1S/C23H29.C6H10.C5H5.2ClH.Zr/c1-14-9-16-11-17-10-15(2)21(23(6,7)8)13-19(17)18(16)12-20(14)22(3,4)5;1-2-4-6-5-3-1;1-2-4-5-3-1;;;/h9,12-13H,11H2,1-8H3;1-5H2;1-3H,4H2;2*1H;/q-1;;-1;;;+2/p-2. The molecule has 1 saturated carbocycles. The molecule has 0 unspecified atom stereocenters. The quantitative estimate of drug-likeness (QED) is 0.342. The molecule has 200 valence electrons. The summed E-state index contributed by atoms with van der Waals surface area (Å²) in [6.45, 7) is 18.2. The van der Waals surface area contributed by atoms with Gasteiger partial charge in [-0.25, -0.2) is 12.2 Å². The Hall–Kier alpha value is -0.747. The fourth-order valence-electron chi connectivity index (χ4n) is 5.34. The summed E-state index contributed by atoms with van der Waals surface area (Å²) in [5.74, 6) is 0. The number of hydrogen-bond acceptors (Lipinski definition) is 0. The van der Waals surface area contributed by atoms with E-state index in [2.05, 4.69) is 91.8 Å². The maximum atomic E-state index is 3.69. The van der Waals surface area contributed by atoms with Crippen LogP contribution in [0.3, 0.4) is 0 Å². The Balaban J connectivity index is 0.000000402. The number of aryl methyl sites for hydroxylation is 2. The monoisotopic (exact) mass is 612 g/mol. The van der Waals surface area contributed by atoms with Crippen molar-refractivity contribution in [2.75, 3.05) is 0 Å². The zero-order valence-corrected chi connectivity index (χ0v) is 28.1. The van der Waals surface area contributed by atoms with E-state index in [-0.39, 0.29) is 35.6 Å². The Morgan fingerprint density at radius 2 is 1.38 bits per heavy atom. The number of halogens is 2. The number of rotatable bonds is 0. The van der Waals surface area contributed by atoms with Gasteiger partial charge in [-0.05, 0) is 35.4 Å². The average Bonchev–Trinajstić information content (AvgIpc) is 3.43. The first-order valence-electron chi connectivity index (χ1n) is 13.4. The van der Waals surface area contributed by atoms with Gasteiger partial charge in [-0.3, -0.25) is 6.08 Å². The van der Waals surface area contributed by atoms with Crippen molar-refractivity contribution in [3.63, 3.8) is 0 Å². The summed E-state index contributed by atoms with van der Waals surface area (Å²) in [7, 11) is 0. The summed E-state index contributed by atoms with van der Waals surface area (Å²) >= 11 is 1.69. The average molecular weight is 615 g/mol. The third-order valence-electron chi connectivity index (χ3n) is 7.12. The van der Waals surface area contributed by atoms with Gasteiger partial charge in [0.05, 0.1) is 0 Å². The van der Waals surface area contributed by atoms with Gasteiger partial charge in [0, 0.05) is 0 Å². The van der Waals surface area contributed by atoms with Crippen LogP contribution in [0.4, 0.5) is 0 Å². The Kier molecular flexibility index (Phi) is 13.5. The summed E-state index contributed by atoms with van der Waals surface area (Å²) in [5.41, 5.74) is 11.6. The van der Waals surface area contributed by atoms with Gasteiger partial charge in [0.15, 0.2) is 0 Å². The van der Waals surface area contributed by atoms with Crippen molar-refractivity contribution < 1.29 is 49.0 Å². The van der Waals surface area contributed by atoms with Gasteiger partial charge in [0.1, 0.15) is 0 Å². The molecule has 5 rings (SSSR count). The molecule has 0 aromatic heterocycles. The second-order valence-corrected chi connectivity index (χ2v) is 14.1. The minimum absolute atomic E-state index is 0. The number of benzene rings is 2.